The Morgan fingerprint density at radius 2 is 2.11 bits per heavy atom. The van der Waals surface area contributed by atoms with Crippen LogP contribution in [0, 0.1) is 0 Å². The molecule has 18 heavy (non-hydrogen) atoms. The number of nitrogens with two attached hydrogens (primary N) is 1. The summed E-state index contributed by atoms with van der Waals surface area (Å²) in [4.78, 5) is 4.03. The van der Waals surface area contributed by atoms with Crippen LogP contribution in [-0.2, 0) is 4.74 Å². The lowest BCUT2D eigenvalue weighted by Crippen LogP contribution is -2.22. The van der Waals surface area contributed by atoms with E-state index in [0.29, 0.717) is 24.7 Å². The van der Waals surface area contributed by atoms with Crippen LogP contribution in [0.25, 0.3) is 0 Å². The van der Waals surface area contributed by atoms with Crippen molar-refractivity contribution in [1.82, 2.24) is 4.98 Å². The molecule has 1 aromatic heterocycles. The number of amidine groups is 1. The largest absolute Gasteiger partial charge is 0.475 e. The summed E-state index contributed by atoms with van der Waals surface area (Å²) >= 11 is 0. The molecule has 1 rings (SSSR count). The van der Waals surface area contributed by atoms with Gasteiger partial charge in [-0.05, 0) is 26.8 Å². The fourth-order valence-corrected chi connectivity index (χ4v) is 1.17. The predicted molar refractivity (Wildman–Crippen MR) is 67.9 cm³/mol. The molecule has 0 saturated carbocycles. The molecule has 3 N–H and O–H groups in total. The van der Waals surface area contributed by atoms with E-state index >= 15 is 0 Å². The van der Waals surface area contributed by atoms with Crippen LogP contribution in [0.4, 0.5) is 0 Å². The van der Waals surface area contributed by atoms with Gasteiger partial charge in [0.05, 0.1) is 12.2 Å². The van der Waals surface area contributed by atoms with Gasteiger partial charge in [-0.25, -0.2) is 4.98 Å². The Kier molecular flexibility index (Phi) is 4.91. The molecular weight excluding hydrogens is 234 g/mol. The Labute approximate surface area is 106 Å². The molecule has 0 aliphatic heterocycles. The van der Waals surface area contributed by atoms with Crippen LogP contribution in [0.2, 0.25) is 0 Å². The number of hydrogen-bond donors (Lipinski definition) is 2. The minimum atomic E-state index is -0.174. The topological polar surface area (TPSA) is 90.0 Å². The third kappa shape index (κ3) is 5.01. The molecule has 6 heteroatoms. The number of hydrogen-bond acceptors (Lipinski definition) is 5. The number of nitrogens with zero attached hydrogens (tertiary/aromatic N) is 2. The first-order valence-electron chi connectivity index (χ1n) is 5.63. The summed E-state index contributed by atoms with van der Waals surface area (Å²) in [5, 5.41) is 11.4. The maximum absolute atomic E-state index is 8.49. The Morgan fingerprint density at radius 3 is 2.61 bits per heavy atom. The summed E-state index contributed by atoms with van der Waals surface area (Å²) in [6.07, 6.45) is 1.48. The molecule has 0 radical (unpaired) electrons. The third-order valence-electron chi connectivity index (χ3n) is 2.01. The van der Waals surface area contributed by atoms with Gasteiger partial charge in [0.25, 0.3) is 0 Å². The lowest BCUT2D eigenvalue weighted by atomic mass is 10.2. The van der Waals surface area contributed by atoms with E-state index in [1.807, 2.05) is 20.8 Å². The molecule has 0 saturated heterocycles. The second-order valence-corrected chi connectivity index (χ2v) is 4.68. The second kappa shape index (κ2) is 6.20. The zero-order valence-electron chi connectivity index (χ0n) is 10.9. The van der Waals surface area contributed by atoms with Crippen molar-refractivity contribution >= 4 is 5.84 Å². The van der Waals surface area contributed by atoms with Crippen LogP contribution in [0.3, 0.4) is 0 Å². The zero-order valence-corrected chi connectivity index (χ0v) is 10.9. The fourth-order valence-electron chi connectivity index (χ4n) is 1.17. The molecule has 0 spiro atoms. The van der Waals surface area contributed by atoms with Crippen LogP contribution in [0.15, 0.2) is 23.5 Å². The quantitative estimate of drug-likeness (QED) is 0.272. The molecular formula is C12H19N3O3. The fraction of sp³-hybridized carbons (Fsp3) is 0.500. The maximum Gasteiger partial charge on any atom is 0.213 e. The molecule has 0 aliphatic carbocycles. The van der Waals surface area contributed by atoms with Gasteiger partial charge in [-0.1, -0.05) is 5.16 Å². The monoisotopic (exact) mass is 253 g/mol. The Bertz CT molecular complexity index is 396. The maximum atomic E-state index is 8.49. The molecule has 0 unspecified atom stereocenters. The highest BCUT2D eigenvalue weighted by Crippen LogP contribution is 2.09. The number of aromatic nitrogens is 1. The van der Waals surface area contributed by atoms with Gasteiger partial charge in [0.15, 0.2) is 5.84 Å². The smallest absolute Gasteiger partial charge is 0.213 e. The van der Waals surface area contributed by atoms with Crippen LogP contribution < -0.4 is 10.5 Å². The van der Waals surface area contributed by atoms with E-state index < -0.39 is 0 Å². The molecule has 100 valence electrons. The minimum absolute atomic E-state index is 0.0186. The van der Waals surface area contributed by atoms with E-state index in [9.17, 15) is 0 Å². The van der Waals surface area contributed by atoms with Crippen molar-refractivity contribution in [2.24, 2.45) is 10.9 Å². The highest BCUT2D eigenvalue weighted by Gasteiger charge is 2.09. The number of oxime groups is 1. The molecule has 0 bridgehead atoms. The van der Waals surface area contributed by atoms with Gasteiger partial charge in [0.1, 0.15) is 6.61 Å². The molecule has 1 aromatic rings. The van der Waals surface area contributed by atoms with Crippen LogP contribution in [0.5, 0.6) is 5.88 Å². The number of pyridine rings is 1. The second-order valence-electron chi connectivity index (χ2n) is 4.68. The first kappa shape index (κ1) is 14.2. The van der Waals surface area contributed by atoms with Gasteiger partial charge >= 0.3 is 0 Å². The predicted octanol–water partition coefficient (Wildman–Crippen LogP) is 1.37. The van der Waals surface area contributed by atoms with Crippen molar-refractivity contribution in [2.45, 2.75) is 26.4 Å². The summed E-state index contributed by atoms with van der Waals surface area (Å²) in [6, 6.07) is 3.33. The van der Waals surface area contributed by atoms with Crippen LogP contribution in [-0.4, -0.2) is 34.8 Å². The van der Waals surface area contributed by atoms with E-state index in [1.54, 1.807) is 12.1 Å². The number of rotatable bonds is 5. The van der Waals surface area contributed by atoms with Gasteiger partial charge in [-0.2, -0.15) is 0 Å². The van der Waals surface area contributed by atoms with Gasteiger partial charge < -0.3 is 20.4 Å². The first-order valence-corrected chi connectivity index (χ1v) is 5.63. The van der Waals surface area contributed by atoms with Crippen LogP contribution in [0.1, 0.15) is 26.3 Å². The van der Waals surface area contributed by atoms with Gasteiger partial charge in [0.2, 0.25) is 5.88 Å². The van der Waals surface area contributed by atoms with E-state index in [2.05, 4.69) is 10.1 Å². The normalized spacial score (nSPS) is 12.5. The summed E-state index contributed by atoms with van der Waals surface area (Å²) in [7, 11) is 0. The lowest BCUT2D eigenvalue weighted by Gasteiger charge is -2.19. The SMILES string of the molecule is CC(C)(C)OCCOc1ccc(/C(N)=N/O)cn1. The van der Waals surface area contributed by atoms with Gasteiger partial charge in [-0.15, -0.1) is 0 Å². The van der Waals surface area contributed by atoms with Crippen LogP contribution >= 0.6 is 0 Å². The Morgan fingerprint density at radius 1 is 1.39 bits per heavy atom. The highest BCUT2D eigenvalue weighted by atomic mass is 16.5. The van der Waals surface area contributed by atoms with E-state index in [0.717, 1.165) is 0 Å². The Balaban J connectivity index is 2.40. The van der Waals surface area contributed by atoms with Crippen molar-refractivity contribution in [3.8, 4) is 5.88 Å². The average Bonchev–Trinajstić information content (AvgIpc) is 2.33. The third-order valence-corrected chi connectivity index (χ3v) is 2.01. The van der Waals surface area contributed by atoms with Crippen molar-refractivity contribution in [1.29, 1.82) is 0 Å². The van der Waals surface area contributed by atoms with Crippen molar-refractivity contribution < 1.29 is 14.7 Å². The Hall–Kier alpha value is -1.82. The molecule has 0 fully saturated rings. The van der Waals surface area contributed by atoms with Gasteiger partial charge in [-0.3, -0.25) is 0 Å². The summed E-state index contributed by atoms with van der Waals surface area (Å²) < 4.78 is 10.9. The summed E-state index contributed by atoms with van der Waals surface area (Å²) in [5.41, 5.74) is 5.78. The molecule has 0 aromatic carbocycles. The minimum Gasteiger partial charge on any atom is -0.475 e. The summed E-state index contributed by atoms with van der Waals surface area (Å²) in [5.74, 6) is 0.493. The summed E-state index contributed by atoms with van der Waals surface area (Å²) in [6.45, 7) is 6.87. The molecule has 1 heterocycles. The molecule has 0 amide bonds. The van der Waals surface area contributed by atoms with E-state index in [4.69, 9.17) is 20.4 Å². The highest BCUT2D eigenvalue weighted by molar-refractivity contribution is 5.96. The lowest BCUT2D eigenvalue weighted by molar-refractivity contribution is -0.0168. The van der Waals surface area contributed by atoms with Crippen molar-refractivity contribution in [2.75, 3.05) is 13.2 Å². The average molecular weight is 253 g/mol. The van der Waals surface area contributed by atoms with Gasteiger partial charge in [0, 0.05) is 17.8 Å². The number of ether oxygens (including phenoxy) is 2. The molecule has 6 nitrogen and oxygen atoms in total. The van der Waals surface area contributed by atoms with E-state index in [-0.39, 0.29) is 11.4 Å². The van der Waals surface area contributed by atoms with Crippen molar-refractivity contribution in [3.63, 3.8) is 0 Å². The first-order chi connectivity index (χ1) is 8.42. The zero-order chi connectivity index (χ0) is 13.6. The standard InChI is InChI=1S/C12H19N3O3/c1-12(2,3)18-7-6-17-10-5-4-9(8-14-10)11(13)15-16/h4-5,8,16H,6-7H2,1-3H3,(H2,13,15). The molecule has 0 aliphatic rings. The van der Waals surface area contributed by atoms with Crippen molar-refractivity contribution in [3.05, 3.63) is 23.9 Å². The van der Waals surface area contributed by atoms with E-state index in [1.165, 1.54) is 6.20 Å². The molecule has 0 atom stereocenters.